The minimum Gasteiger partial charge on any atom is -0.484 e. The second-order valence-electron chi connectivity index (χ2n) is 6.29. The van der Waals surface area contributed by atoms with Gasteiger partial charge in [0.1, 0.15) is 5.75 Å². The molecule has 4 N–H and O–H groups in total. The molecule has 2 aromatic carbocycles. The number of halogens is 1. The van der Waals surface area contributed by atoms with Gasteiger partial charge in [0.2, 0.25) is 0 Å². The van der Waals surface area contributed by atoms with E-state index < -0.39 is 5.91 Å². The second kappa shape index (κ2) is 9.43. The lowest BCUT2D eigenvalue weighted by molar-refractivity contribution is -0.119. The first-order valence-corrected chi connectivity index (χ1v) is 10.0. The standard InChI is InChI=1S/C21H18ClN3O4S/c1-12-10-18(25-20(27)15-4-2-3-5-16(15)22)30-19(12)21(28)24-13-6-8-14(9-7-13)29-11-17(23)26/h2-10H,11H2,1H3,(H2,23,26)(H,24,28)(H,25,27). The number of hydrogen-bond acceptors (Lipinski definition) is 5. The van der Waals surface area contributed by atoms with Crippen molar-refractivity contribution in [1.29, 1.82) is 0 Å². The molecule has 0 saturated carbocycles. The quantitative estimate of drug-likeness (QED) is 0.511. The van der Waals surface area contributed by atoms with Gasteiger partial charge in [-0.15, -0.1) is 11.3 Å². The Labute approximate surface area is 181 Å². The summed E-state index contributed by atoms with van der Waals surface area (Å²) >= 11 is 7.22. The van der Waals surface area contributed by atoms with Gasteiger partial charge in [0.25, 0.3) is 17.7 Å². The number of carbonyl (C=O) groups is 3. The van der Waals surface area contributed by atoms with E-state index in [0.29, 0.717) is 31.9 Å². The maximum absolute atomic E-state index is 12.6. The third-order valence-electron chi connectivity index (χ3n) is 3.97. The number of anilines is 2. The monoisotopic (exact) mass is 443 g/mol. The van der Waals surface area contributed by atoms with Gasteiger partial charge < -0.3 is 21.1 Å². The Morgan fingerprint density at radius 3 is 2.40 bits per heavy atom. The van der Waals surface area contributed by atoms with Gasteiger partial charge in [0.15, 0.2) is 6.61 Å². The molecule has 0 atom stereocenters. The number of ether oxygens (including phenoxy) is 1. The second-order valence-corrected chi connectivity index (χ2v) is 7.75. The van der Waals surface area contributed by atoms with Gasteiger partial charge in [-0.1, -0.05) is 23.7 Å². The van der Waals surface area contributed by atoms with Crippen LogP contribution in [0.4, 0.5) is 10.7 Å². The van der Waals surface area contributed by atoms with Crippen LogP contribution in [0.3, 0.4) is 0 Å². The van der Waals surface area contributed by atoms with Crippen LogP contribution in [-0.2, 0) is 4.79 Å². The Bertz CT molecular complexity index is 1100. The molecule has 0 aliphatic rings. The van der Waals surface area contributed by atoms with Crippen LogP contribution < -0.4 is 21.1 Å². The van der Waals surface area contributed by atoms with Crippen molar-refractivity contribution >= 4 is 51.3 Å². The average molecular weight is 444 g/mol. The smallest absolute Gasteiger partial charge is 0.266 e. The third kappa shape index (κ3) is 5.37. The predicted octanol–water partition coefficient (Wildman–Crippen LogP) is 4.08. The van der Waals surface area contributed by atoms with Crippen LogP contribution in [0.1, 0.15) is 25.6 Å². The maximum Gasteiger partial charge on any atom is 0.266 e. The molecule has 0 bridgehead atoms. The van der Waals surface area contributed by atoms with E-state index in [4.69, 9.17) is 22.1 Å². The van der Waals surface area contributed by atoms with Crippen LogP contribution >= 0.6 is 22.9 Å². The van der Waals surface area contributed by atoms with E-state index in [0.717, 1.165) is 5.56 Å². The van der Waals surface area contributed by atoms with Crippen LogP contribution in [0.15, 0.2) is 54.6 Å². The Hall–Kier alpha value is -3.36. The van der Waals surface area contributed by atoms with Gasteiger partial charge >= 0.3 is 0 Å². The Balaban J connectivity index is 1.66. The van der Waals surface area contributed by atoms with Gasteiger partial charge in [0.05, 0.1) is 20.5 Å². The van der Waals surface area contributed by atoms with Crippen molar-refractivity contribution < 1.29 is 19.1 Å². The molecule has 3 rings (SSSR count). The lowest BCUT2D eigenvalue weighted by atomic mass is 10.2. The van der Waals surface area contributed by atoms with Crippen molar-refractivity contribution in [3.63, 3.8) is 0 Å². The molecule has 3 amide bonds. The van der Waals surface area contributed by atoms with Crippen LogP contribution in [0, 0.1) is 6.92 Å². The number of hydrogen-bond donors (Lipinski definition) is 3. The van der Waals surface area contributed by atoms with E-state index in [1.165, 1.54) is 11.3 Å². The molecule has 3 aromatic rings. The summed E-state index contributed by atoms with van der Waals surface area (Å²) in [6.45, 7) is 1.57. The highest BCUT2D eigenvalue weighted by atomic mass is 35.5. The minimum atomic E-state index is -0.571. The average Bonchev–Trinajstić information content (AvgIpc) is 3.07. The molecular weight excluding hydrogens is 426 g/mol. The van der Waals surface area contributed by atoms with E-state index in [2.05, 4.69) is 10.6 Å². The number of aryl methyl sites for hydroxylation is 1. The number of primary amides is 1. The Morgan fingerprint density at radius 2 is 1.73 bits per heavy atom. The summed E-state index contributed by atoms with van der Waals surface area (Å²) in [5.41, 5.74) is 6.68. The molecule has 1 heterocycles. The molecule has 0 aliphatic heterocycles. The molecular formula is C21H18ClN3O4S. The zero-order chi connectivity index (χ0) is 21.7. The number of nitrogens with two attached hydrogens (primary N) is 1. The van der Waals surface area contributed by atoms with Crippen LogP contribution in [0.5, 0.6) is 5.75 Å². The molecule has 7 nitrogen and oxygen atoms in total. The number of nitrogens with one attached hydrogen (secondary N) is 2. The van der Waals surface area contributed by atoms with E-state index >= 15 is 0 Å². The van der Waals surface area contributed by atoms with Crippen LogP contribution in [0.2, 0.25) is 5.02 Å². The highest BCUT2D eigenvalue weighted by Gasteiger charge is 2.17. The zero-order valence-corrected chi connectivity index (χ0v) is 17.5. The number of benzene rings is 2. The molecule has 30 heavy (non-hydrogen) atoms. The molecule has 0 saturated heterocycles. The first kappa shape index (κ1) is 21.4. The third-order valence-corrected chi connectivity index (χ3v) is 5.45. The fourth-order valence-electron chi connectivity index (χ4n) is 2.57. The van der Waals surface area contributed by atoms with Crippen molar-refractivity contribution in [3.8, 4) is 5.75 Å². The minimum absolute atomic E-state index is 0.219. The molecule has 154 valence electrons. The van der Waals surface area contributed by atoms with Gasteiger partial charge in [-0.05, 0) is 55.0 Å². The van der Waals surface area contributed by atoms with Gasteiger partial charge in [-0.2, -0.15) is 0 Å². The fourth-order valence-corrected chi connectivity index (χ4v) is 3.76. The summed E-state index contributed by atoms with van der Waals surface area (Å²) in [5.74, 6) is -0.761. The number of thiophene rings is 1. The Kier molecular flexibility index (Phi) is 6.71. The highest BCUT2D eigenvalue weighted by Crippen LogP contribution is 2.29. The van der Waals surface area contributed by atoms with Crippen molar-refractivity contribution in [2.24, 2.45) is 5.73 Å². The summed E-state index contributed by atoms with van der Waals surface area (Å²) in [6.07, 6.45) is 0. The first-order chi connectivity index (χ1) is 14.3. The van der Waals surface area contributed by atoms with Gasteiger partial charge in [-0.25, -0.2) is 0 Å². The summed E-state index contributed by atoms with van der Waals surface area (Å²) in [5, 5.41) is 6.45. The van der Waals surface area contributed by atoms with Crippen molar-refractivity contribution in [2.45, 2.75) is 6.92 Å². The SMILES string of the molecule is Cc1cc(NC(=O)c2ccccc2Cl)sc1C(=O)Nc1ccc(OCC(N)=O)cc1. The summed E-state index contributed by atoms with van der Waals surface area (Å²) in [6, 6.07) is 15.0. The Morgan fingerprint density at radius 1 is 1.03 bits per heavy atom. The summed E-state index contributed by atoms with van der Waals surface area (Å²) in [7, 11) is 0. The van der Waals surface area contributed by atoms with E-state index in [1.807, 2.05) is 0 Å². The fraction of sp³-hybridized carbons (Fsp3) is 0.0952. The normalized spacial score (nSPS) is 10.3. The highest BCUT2D eigenvalue weighted by molar-refractivity contribution is 7.18. The molecule has 0 spiro atoms. The first-order valence-electron chi connectivity index (χ1n) is 8.82. The van der Waals surface area contributed by atoms with Crippen molar-refractivity contribution in [2.75, 3.05) is 17.2 Å². The molecule has 0 radical (unpaired) electrons. The van der Waals surface area contributed by atoms with Crippen molar-refractivity contribution in [1.82, 2.24) is 0 Å². The van der Waals surface area contributed by atoms with Gasteiger partial charge in [0, 0.05) is 5.69 Å². The number of carbonyl (C=O) groups excluding carboxylic acids is 3. The van der Waals surface area contributed by atoms with Crippen molar-refractivity contribution in [3.05, 3.63) is 75.6 Å². The maximum atomic E-state index is 12.6. The largest absolute Gasteiger partial charge is 0.484 e. The number of rotatable bonds is 7. The van der Waals surface area contributed by atoms with E-state index in [1.54, 1.807) is 61.5 Å². The molecule has 0 aliphatic carbocycles. The van der Waals surface area contributed by atoms with E-state index in [9.17, 15) is 14.4 Å². The summed E-state index contributed by atoms with van der Waals surface area (Å²) < 4.78 is 5.18. The zero-order valence-electron chi connectivity index (χ0n) is 15.9. The van der Waals surface area contributed by atoms with Gasteiger partial charge in [-0.3, -0.25) is 14.4 Å². The molecule has 0 fully saturated rings. The summed E-state index contributed by atoms with van der Waals surface area (Å²) in [4.78, 5) is 36.3. The van der Waals surface area contributed by atoms with E-state index in [-0.39, 0.29) is 18.4 Å². The molecule has 1 aromatic heterocycles. The topological polar surface area (TPSA) is 111 Å². The van der Waals surface area contributed by atoms with Crippen LogP contribution in [0.25, 0.3) is 0 Å². The molecule has 0 unspecified atom stereocenters. The van der Waals surface area contributed by atoms with Crippen LogP contribution in [-0.4, -0.2) is 24.3 Å². The molecule has 9 heteroatoms. The predicted molar refractivity (Wildman–Crippen MR) is 118 cm³/mol. The lowest BCUT2D eigenvalue weighted by Crippen LogP contribution is -2.20. The number of amides is 3. The lowest BCUT2D eigenvalue weighted by Gasteiger charge is -2.07.